The summed E-state index contributed by atoms with van der Waals surface area (Å²) in [5.74, 6) is -1.57. The van der Waals surface area contributed by atoms with E-state index in [1.807, 2.05) is 0 Å². The minimum absolute atomic E-state index is 0.00569. The fraction of sp³-hybridized carbons (Fsp3) is 0.364. The number of carboxylic acids is 1. The van der Waals surface area contributed by atoms with Crippen LogP contribution in [0.4, 0.5) is 0 Å². The molecule has 1 rings (SSSR count). The lowest BCUT2D eigenvalue weighted by Gasteiger charge is -2.14. The van der Waals surface area contributed by atoms with E-state index >= 15 is 0 Å². The molecule has 0 saturated carbocycles. The molecule has 0 aliphatic heterocycles. The lowest BCUT2D eigenvalue weighted by Crippen LogP contribution is -2.27. The van der Waals surface area contributed by atoms with Crippen LogP contribution in [-0.4, -0.2) is 17.7 Å². The van der Waals surface area contributed by atoms with Gasteiger partial charge in [0.05, 0.1) is 6.61 Å². The predicted octanol–water partition coefficient (Wildman–Crippen LogP) is 0.644. The molecule has 0 aromatic heterocycles. The number of carbonyl (C=O) groups is 1. The van der Waals surface area contributed by atoms with Crippen LogP contribution in [0.1, 0.15) is 25.3 Å². The van der Waals surface area contributed by atoms with Crippen LogP contribution in [0.5, 0.6) is 11.5 Å². The Morgan fingerprint density at radius 1 is 1.60 bits per heavy atom. The highest BCUT2D eigenvalue weighted by atomic mass is 16.5. The van der Waals surface area contributed by atoms with E-state index in [0.717, 1.165) is 0 Å². The van der Waals surface area contributed by atoms with Gasteiger partial charge in [0.2, 0.25) is 0 Å². The van der Waals surface area contributed by atoms with Crippen LogP contribution >= 0.6 is 0 Å². The number of benzene rings is 1. The maximum atomic E-state index is 10.6. The number of rotatable bonds is 4. The SMILES string of the molecule is CCOc1cc(C(C)C(=O)[O-])ccc1O. The Hall–Kier alpha value is -1.71. The second-order valence-electron chi connectivity index (χ2n) is 3.20. The molecule has 0 spiro atoms. The normalized spacial score (nSPS) is 12.1. The minimum atomic E-state index is -1.15. The molecule has 0 bridgehead atoms. The average Bonchev–Trinajstić information content (AvgIpc) is 2.20. The van der Waals surface area contributed by atoms with Gasteiger partial charge in [-0.25, -0.2) is 0 Å². The molecule has 82 valence electrons. The van der Waals surface area contributed by atoms with E-state index in [0.29, 0.717) is 17.9 Å². The van der Waals surface area contributed by atoms with Crippen molar-refractivity contribution in [2.24, 2.45) is 0 Å². The van der Waals surface area contributed by atoms with Gasteiger partial charge in [-0.3, -0.25) is 0 Å². The molecule has 0 saturated heterocycles. The zero-order chi connectivity index (χ0) is 11.4. The monoisotopic (exact) mass is 209 g/mol. The summed E-state index contributed by atoms with van der Waals surface area (Å²) >= 11 is 0. The van der Waals surface area contributed by atoms with Crippen molar-refractivity contribution in [1.29, 1.82) is 0 Å². The van der Waals surface area contributed by atoms with Gasteiger partial charge in [0.1, 0.15) is 0 Å². The lowest BCUT2D eigenvalue weighted by atomic mass is 10.0. The first-order chi connectivity index (χ1) is 7.06. The van der Waals surface area contributed by atoms with E-state index in [9.17, 15) is 15.0 Å². The second kappa shape index (κ2) is 4.68. The molecule has 0 radical (unpaired) electrons. The van der Waals surface area contributed by atoms with Crippen molar-refractivity contribution in [2.45, 2.75) is 19.8 Å². The highest BCUT2D eigenvalue weighted by Crippen LogP contribution is 2.29. The zero-order valence-electron chi connectivity index (χ0n) is 8.69. The van der Waals surface area contributed by atoms with Crippen molar-refractivity contribution in [1.82, 2.24) is 0 Å². The molecule has 0 aliphatic rings. The molecule has 1 aromatic carbocycles. The van der Waals surface area contributed by atoms with E-state index < -0.39 is 11.9 Å². The van der Waals surface area contributed by atoms with Gasteiger partial charge in [-0.1, -0.05) is 13.0 Å². The Morgan fingerprint density at radius 2 is 2.27 bits per heavy atom. The highest BCUT2D eigenvalue weighted by molar-refractivity contribution is 5.73. The van der Waals surface area contributed by atoms with E-state index in [1.54, 1.807) is 13.0 Å². The molecule has 0 amide bonds. The molecular formula is C11H13O4-. The number of aromatic hydroxyl groups is 1. The average molecular weight is 209 g/mol. The topological polar surface area (TPSA) is 69.6 Å². The maximum absolute atomic E-state index is 10.6. The molecular weight excluding hydrogens is 196 g/mol. The van der Waals surface area contributed by atoms with E-state index in [-0.39, 0.29) is 5.75 Å². The van der Waals surface area contributed by atoms with Crippen LogP contribution in [0.15, 0.2) is 18.2 Å². The van der Waals surface area contributed by atoms with Crippen LogP contribution < -0.4 is 9.84 Å². The van der Waals surface area contributed by atoms with Crippen LogP contribution in [0, 0.1) is 0 Å². The predicted molar refractivity (Wildman–Crippen MR) is 52.7 cm³/mol. The fourth-order valence-corrected chi connectivity index (χ4v) is 1.21. The van der Waals surface area contributed by atoms with E-state index in [2.05, 4.69) is 0 Å². The summed E-state index contributed by atoms with van der Waals surface area (Å²) in [6, 6.07) is 4.47. The Morgan fingerprint density at radius 3 is 2.80 bits per heavy atom. The summed E-state index contributed by atoms with van der Waals surface area (Å²) < 4.78 is 5.14. The first kappa shape index (κ1) is 11.4. The summed E-state index contributed by atoms with van der Waals surface area (Å²) in [5, 5.41) is 20.0. The number of hydrogen-bond donors (Lipinski definition) is 1. The Kier molecular flexibility index (Phi) is 3.55. The fourth-order valence-electron chi connectivity index (χ4n) is 1.21. The Bertz CT molecular complexity index is 360. The van der Waals surface area contributed by atoms with Crippen molar-refractivity contribution in [3.63, 3.8) is 0 Å². The summed E-state index contributed by atoms with van der Waals surface area (Å²) in [5.41, 5.74) is 0.552. The quantitative estimate of drug-likeness (QED) is 0.790. The maximum Gasteiger partial charge on any atom is 0.161 e. The standard InChI is InChI=1S/C11H14O4/c1-3-15-10-6-8(4-5-9(10)12)7(2)11(13)14/h4-7,12H,3H2,1-2H3,(H,13,14)/p-1. The highest BCUT2D eigenvalue weighted by Gasteiger charge is 2.10. The van der Waals surface area contributed by atoms with Gasteiger partial charge < -0.3 is 19.7 Å². The van der Waals surface area contributed by atoms with Crippen LogP contribution in [-0.2, 0) is 4.79 Å². The summed E-state index contributed by atoms with van der Waals surface area (Å²) in [7, 11) is 0. The molecule has 1 unspecified atom stereocenters. The number of phenols is 1. The van der Waals surface area contributed by atoms with Crippen molar-refractivity contribution >= 4 is 5.97 Å². The van der Waals surface area contributed by atoms with Gasteiger partial charge in [0, 0.05) is 11.9 Å². The van der Waals surface area contributed by atoms with Crippen molar-refractivity contribution in [2.75, 3.05) is 6.61 Å². The molecule has 4 nitrogen and oxygen atoms in total. The van der Waals surface area contributed by atoms with Gasteiger partial charge in [0.15, 0.2) is 11.5 Å². The molecule has 1 N–H and O–H groups in total. The third-order valence-electron chi connectivity index (χ3n) is 2.14. The number of aliphatic carboxylic acids is 1. The second-order valence-corrected chi connectivity index (χ2v) is 3.20. The van der Waals surface area contributed by atoms with Gasteiger partial charge in [0.25, 0.3) is 0 Å². The first-order valence-electron chi connectivity index (χ1n) is 4.72. The van der Waals surface area contributed by atoms with Crippen LogP contribution in [0.3, 0.4) is 0 Å². The molecule has 1 aromatic rings. The van der Waals surface area contributed by atoms with E-state index in [4.69, 9.17) is 4.74 Å². The van der Waals surface area contributed by atoms with Crippen LogP contribution in [0.2, 0.25) is 0 Å². The molecule has 4 heteroatoms. The van der Waals surface area contributed by atoms with Crippen molar-refractivity contribution < 1.29 is 19.7 Å². The third kappa shape index (κ3) is 2.62. The smallest absolute Gasteiger partial charge is 0.161 e. The van der Waals surface area contributed by atoms with Gasteiger partial charge in [-0.05, 0) is 24.6 Å². The van der Waals surface area contributed by atoms with Gasteiger partial charge in [-0.2, -0.15) is 0 Å². The summed E-state index contributed by atoms with van der Waals surface area (Å²) in [4.78, 5) is 10.6. The number of phenolic OH excluding ortho intramolecular Hbond substituents is 1. The van der Waals surface area contributed by atoms with Crippen molar-refractivity contribution in [3.8, 4) is 11.5 Å². The molecule has 0 heterocycles. The van der Waals surface area contributed by atoms with Gasteiger partial charge >= 0.3 is 0 Å². The Labute approximate surface area is 88.1 Å². The number of carbonyl (C=O) groups excluding carboxylic acids is 1. The molecule has 1 atom stereocenters. The van der Waals surface area contributed by atoms with E-state index in [1.165, 1.54) is 19.1 Å². The van der Waals surface area contributed by atoms with Gasteiger partial charge in [-0.15, -0.1) is 0 Å². The summed E-state index contributed by atoms with van der Waals surface area (Å²) in [6.45, 7) is 3.72. The largest absolute Gasteiger partial charge is 0.550 e. The molecule has 15 heavy (non-hydrogen) atoms. The lowest BCUT2D eigenvalue weighted by molar-refractivity contribution is -0.307. The van der Waals surface area contributed by atoms with Crippen molar-refractivity contribution in [3.05, 3.63) is 23.8 Å². The Balaban J connectivity index is 3.01. The zero-order valence-corrected chi connectivity index (χ0v) is 8.69. The van der Waals surface area contributed by atoms with Crippen LogP contribution in [0.25, 0.3) is 0 Å². The molecule has 0 fully saturated rings. The number of ether oxygens (including phenoxy) is 1. The minimum Gasteiger partial charge on any atom is -0.550 e. The third-order valence-corrected chi connectivity index (χ3v) is 2.14. The molecule has 0 aliphatic carbocycles. The summed E-state index contributed by atoms with van der Waals surface area (Å²) in [6.07, 6.45) is 0. The number of hydrogen-bond acceptors (Lipinski definition) is 4. The first-order valence-corrected chi connectivity index (χ1v) is 4.72. The number of carboxylic acid groups (broad SMARTS) is 1.